The van der Waals surface area contributed by atoms with Crippen molar-refractivity contribution in [1.82, 2.24) is 4.98 Å². The maximum absolute atomic E-state index is 13.5. The minimum atomic E-state index is -1.70. The second-order valence-corrected chi connectivity index (χ2v) is 4.74. The lowest BCUT2D eigenvalue weighted by atomic mass is 10.2. The second kappa shape index (κ2) is 6.39. The largest absolute Gasteiger partial charge is 0.320 e. The molecule has 0 aliphatic heterocycles. The number of rotatable bonds is 2. The van der Waals surface area contributed by atoms with Gasteiger partial charge in [0.05, 0.1) is 23.2 Å². The number of hydrogen-bond acceptors (Lipinski definition) is 4. The van der Waals surface area contributed by atoms with Gasteiger partial charge in [0.1, 0.15) is 0 Å². The molecular formula is C13H8F3N3OS. The van der Waals surface area contributed by atoms with Gasteiger partial charge in [-0.05, 0) is 12.1 Å². The molecule has 0 aliphatic carbocycles. The fourth-order valence-corrected chi connectivity index (χ4v) is 2.08. The van der Waals surface area contributed by atoms with E-state index in [4.69, 9.17) is 5.73 Å². The summed E-state index contributed by atoms with van der Waals surface area (Å²) in [6.07, 6.45) is 1.41. The molecule has 2 aromatic rings. The summed E-state index contributed by atoms with van der Waals surface area (Å²) in [5.74, 6) is -0.220. The van der Waals surface area contributed by atoms with E-state index in [0.29, 0.717) is 10.9 Å². The van der Waals surface area contributed by atoms with E-state index in [2.05, 4.69) is 22.1 Å². The van der Waals surface area contributed by atoms with Gasteiger partial charge in [-0.25, -0.2) is 18.2 Å². The maximum Gasteiger partial charge on any atom is 0.260 e. The van der Waals surface area contributed by atoms with Crippen LogP contribution in [0.3, 0.4) is 0 Å². The summed E-state index contributed by atoms with van der Waals surface area (Å²) in [7, 11) is 0. The van der Waals surface area contributed by atoms with Crippen molar-refractivity contribution in [2.45, 2.75) is 0 Å². The number of nitrogens with one attached hydrogen (secondary N) is 1. The molecule has 0 fully saturated rings. The van der Waals surface area contributed by atoms with Crippen LogP contribution >= 0.6 is 11.3 Å². The van der Waals surface area contributed by atoms with Crippen LogP contribution in [-0.2, 0) is 0 Å². The van der Waals surface area contributed by atoms with Gasteiger partial charge in [-0.2, -0.15) is 0 Å². The number of carbonyl (C=O) groups excluding carboxylic acids is 1. The van der Waals surface area contributed by atoms with Crippen LogP contribution in [0.25, 0.3) is 0 Å². The minimum absolute atomic E-state index is 0.158. The predicted molar refractivity (Wildman–Crippen MR) is 72.3 cm³/mol. The summed E-state index contributed by atoms with van der Waals surface area (Å²) in [4.78, 5) is 16.2. The Kier molecular flexibility index (Phi) is 4.57. The van der Waals surface area contributed by atoms with Crippen molar-refractivity contribution in [3.8, 4) is 11.8 Å². The van der Waals surface area contributed by atoms with Crippen molar-refractivity contribution < 1.29 is 18.0 Å². The van der Waals surface area contributed by atoms with Gasteiger partial charge < -0.3 is 5.73 Å². The molecule has 0 saturated carbocycles. The van der Waals surface area contributed by atoms with E-state index in [1.807, 2.05) is 0 Å². The molecule has 0 spiro atoms. The molecular weight excluding hydrogens is 303 g/mol. The number of nitrogens with two attached hydrogens (primary N) is 1. The number of anilines is 1. The molecule has 0 aliphatic rings. The molecule has 0 atom stereocenters. The number of thiazole rings is 1. The van der Waals surface area contributed by atoms with Crippen LogP contribution in [0, 0.1) is 29.3 Å². The van der Waals surface area contributed by atoms with Gasteiger partial charge >= 0.3 is 0 Å². The average molecular weight is 311 g/mol. The molecule has 0 saturated heterocycles. The summed E-state index contributed by atoms with van der Waals surface area (Å²) >= 11 is 1.05. The van der Waals surface area contributed by atoms with Crippen molar-refractivity contribution >= 4 is 22.4 Å². The van der Waals surface area contributed by atoms with Crippen molar-refractivity contribution in [3.05, 3.63) is 46.2 Å². The highest BCUT2D eigenvalue weighted by Gasteiger charge is 2.19. The molecule has 1 heterocycles. The van der Waals surface area contributed by atoms with Gasteiger partial charge in [0.2, 0.25) is 0 Å². The Hall–Kier alpha value is -2.37. The van der Waals surface area contributed by atoms with E-state index in [9.17, 15) is 18.0 Å². The van der Waals surface area contributed by atoms with Crippen LogP contribution in [0.1, 0.15) is 15.2 Å². The zero-order chi connectivity index (χ0) is 15.4. The molecule has 21 heavy (non-hydrogen) atoms. The Morgan fingerprint density at radius 2 is 2.10 bits per heavy atom. The fourth-order valence-electron chi connectivity index (χ4n) is 1.39. The first-order valence-electron chi connectivity index (χ1n) is 5.62. The van der Waals surface area contributed by atoms with Crippen LogP contribution < -0.4 is 11.1 Å². The summed E-state index contributed by atoms with van der Waals surface area (Å²) in [5.41, 5.74) is 4.60. The van der Waals surface area contributed by atoms with Gasteiger partial charge in [-0.15, -0.1) is 0 Å². The van der Waals surface area contributed by atoms with Crippen molar-refractivity contribution in [2.75, 3.05) is 11.9 Å². The minimum Gasteiger partial charge on any atom is -0.320 e. The van der Waals surface area contributed by atoms with Crippen molar-refractivity contribution in [3.63, 3.8) is 0 Å². The predicted octanol–water partition coefficient (Wildman–Crippen LogP) is 2.12. The van der Waals surface area contributed by atoms with Crippen molar-refractivity contribution in [2.24, 2.45) is 5.73 Å². The number of nitrogens with zero attached hydrogens (tertiary/aromatic N) is 1. The highest BCUT2D eigenvalue weighted by molar-refractivity contribution is 7.16. The molecule has 1 amide bonds. The highest BCUT2D eigenvalue weighted by atomic mass is 32.1. The smallest absolute Gasteiger partial charge is 0.260 e. The van der Waals surface area contributed by atoms with Gasteiger partial charge in [-0.1, -0.05) is 23.2 Å². The van der Waals surface area contributed by atoms with Crippen LogP contribution in [0.15, 0.2) is 18.3 Å². The van der Waals surface area contributed by atoms with Crippen LogP contribution in [0.2, 0.25) is 0 Å². The Morgan fingerprint density at radius 1 is 1.33 bits per heavy atom. The number of amides is 1. The zero-order valence-electron chi connectivity index (χ0n) is 10.4. The first kappa shape index (κ1) is 15.0. The van der Waals surface area contributed by atoms with Gasteiger partial charge in [0.25, 0.3) is 5.91 Å². The number of carbonyl (C=O) groups is 1. The summed E-state index contributed by atoms with van der Waals surface area (Å²) < 4.78 is 39.3. The average Bonchev–Trinajstić information content (AvgIpc) is 2.90. The summed E-state index contributed by atoms with van der Waals surface area (Å²) in [5, 5.41) is 2.44. The lowest BCUT2D eigenvalue weighted by Gasteiger charge is -2.04. The first-order chi connectivity index (χ1) is 10.0. The summed E-state index contributed by atoms with van der Waals surface area (Å²) in [6.45, 7) is 0.180. The van der Waals surface area contributed by atoms with E-state index in [1.54, 1.807) is 0 Å². The van der Waals surface area contributed by atoms with E-state index < -0.39 is 28.9 Å². The third kappa shape index (κ3) is 3.39. The Balaban J connectivity index is 2.19. The molecule has 108 valence electrons. The second-order valence-electron chi connectivity index (χ2n) is 3.71. The van der Waals surface area contributed by atoms with Gasteiger partial charge in [0.15, 0.2) is 22.6 Å². The molecule has 2 rings (SSSR count). The standard InChI is InChI=1S/C13H8F3N3OS/c14-9-4-3-8(10(15)11(9)16)12(20)19-13-18-6-7(21-13)2-1-5-17/h3-4,6H,5,17H2,(H,18,19,20). The monoisotopic (exact) mass is 311 g/mol. The molecule has 0 radical (unpaired) electrons. The number of benzene rings is 1. The van der Waals surface area contributed by atoms with Gasteiger partial charge in [-0.3, -0.25) is 10.1 Å². The van der Waals surface area contributed by atoms with Crippen LogP contribution in [-0.4, -0.2) is 17.4 Å². The SMILES string of the molecule is NCC#Cc1cnc(NC(=O)c2ccc(F)c(F)c2F)s1. The number of hydrogen-bond donors (Lipinski definition) is 2. The molecule has 4 nitrogen and oxygen atoms in total. The van der Waals surface area contributed by atoms with Crippen LogP contribution in [0.4, 0.5) is 18.3 Å². The Morgan fingerprint density at radius 3 is 2.81 bits per heavy atom. The topological polar surface area (TPSA) is 68.0 Å². The van der Waals surface area contributed by atoms with Crippen molar-refractivity contribution in [1.29, 1.82) is 0 Å². The molecule has 1 aromatic heterocycles. The number of halogens is 3. The molecule has 0 bridgehead atoms. The first-order valence-corrected chi connectivity index (χ1v) is 6.44. The van der Waals surface area contributed by atoms with E-state index in [0.717, 1.165) is 17.4 Å². The van der Waals surface area contributed by atoms with E-state index in [-0.39, 0.29) is 11.7 Å². The number of aromatic nitrogens is 1. The maximum atomic E-state index is 13.5. The molecule has 3 N–H and O–H groups in total. The quantitative estimate of drug-likeness (QED) is 0.659. The van der Waals surface area contributed by atoms with Gasteiger partial charge in [0, 0.05) is 0 Å². The Labute approximate surface area is 121 Å². The third-order valence-corrected chi connectivity index (χ3v) is 3.15. The zero-order valence-corrected chi connectivity index (χ0v) is 11.2. The molecule has 1 aromatic carbocycles. The van der Waals surface area contributed by atoms with Crippen LogP contribution in [0.5, 0.6) is 0 Å². The summed E-state index contributed by atoms with van der Waals surface area (Å²) in [6, 6.07) is 1.53. The fraction of sp³-hybridized carbons (Fsp3) is 0.0769. The Bertz CT molecular complexity index is 749. The lowest BCUT2D eigenvalue weighted by Crippen LogP contribution is -2.15. The third-order valence-electron chi connectivity index (χ3n) is 2.32. The lowest BCUT2D eigenvalue weighted by molar-refractivity contribution is 0.102. The molecule has 0 unspecified atom stereocenters. The highest BCUT2D eigenvalue weighted by Crippen LogP contribution is 2.20. The van der Waals surface area contributed by atoms with E-state index >= 15 is 0 Å². The normalized spacial score (nSPS) is 9.90. The van der Waals surface area contributed by atoms with E-state index in [1.165, 1.54) is 6.20 Å². The molecule has 8 heteroatoms.